The number of nitrogens with zero attached hydrogens (tertiary/aromatic N) is 3. The fourth-order valence-corrected chi connectivity index (χ4v) is 4.50. The minimum atomic E-state index is -0.272. The number of likely N-dealkylation sites (tertiary alicyclic amines) is 1. The van der Waals surface area contributed by atoms with Gasteiger partial charge in [0.15, 0.2) is 5.69 Å². The van der Waals surface area contributed by atoms with Gasteiger partial charge in [0, 0.05) is 26.2 Å². The van der Waals surface area contributed by atoms with Crippen LogP contribution in [-0.2, 0) is 29.2 Å². The first-order valence-corrected chi connectivity index (χ1v) is 12.3. The minimum absolute atomic E-state index is 0.163. The van der Waals surface area contributed by atoms with E-state index in [0.717, 1.165) is 11.1 Å². The van der Waals surface area contributed by atoms with Crippen LogP contribution in [0.1, 0.15) is 52.8 Å². The number of rotatable bonds is 9. The van der Waals surface area contributed by atoms with Gasteiger partial charge in [-0.3, -0.25) is 14.5 Å². The lowest BCUT2D eigenvalue weighted by atomic mass is 9.97. The van der Waals surface area contributed by atoms with Crippen molar-refractivity contribution < 1.29 is 23.1 Å². The van der Waals surface area contributed by atoms with E-state index in [1.165, 1.54) is 24.0 Å². The first-order valence-electron chi connectivity index (χ1n) is 12.3. The standard InChI is InChI=1S/C28H32FN3O4/c1-3-35-28(34)23-11-13-32(14-12-23)27(33)25-19-36-26(30-25)18-31(16-21-7-9-24(29)10-8-21)17-22-6-4-5-20(2)15-22/h4-10,15,19,23H,3,11-14,16-18H2,1-2H3. The Morgan fingerprint density at radius 2 is 1.81 bits per heavy atom. The fourth-order valence-electron chi connectivity index (χ4n) is 4.50. The summed E-state index contributed by atoms with van der Waals surface area (Å²) >= 11 is 0. The number of hydrogen-bond donors (Lipinski definition) is 0. The van der Waals surface area contributed by atoms with E-state index in [1.807, 2.05) is 6.07 Å². The number of amides is 1. The molecule has 0 unspecified atom stereocenters. The molecule has 190 valence electrons. The molecule has 0 atom stereocenters. The third-order valence-corrected chi connectivity index (χ3v) is 6.34. The second-order valence-corrected chi connectivity index (χ2v) is 9.21. The van der Waals surface area contributed by atoms with Gasteiger partial charge in [-0.05, 0) is 49.9 Å². The third kappa shape index (κ3) is 6.79. The Bertz CT molecular complexity index is 1170. The van der Waals surface area contributed by atoms with E-state index in [2.05, 4.69) is 35.0 Å². The van der Waals surface area contributed by atoms with Gasteiger partial charge in [-0.15, -0.1) is 0 Å². The van der Waals surface area contributed by atoms with Crippen molar-refractivity contribution >= 4 is 11.9 Å². The van der Waals surface area contributed by atoms with E-state index in [4.69, 9.17) is 9.15 Å². The van der Waals surface area contributed by atoms with Crippen molar-refractivity contribution in [2.75, 3.05) is 19.7 Å². The number of carbonyl (C=O) groups excluding carboxylic acids is 2. The molecular weight excluding hydrogens is 461 g/mol. The van der Waals surface area contributed by atoms with Crippen molar-refractivity contribution in [2.45, 2.75) is 46.3 Å². The zero-order valence-corrected chi connectivity index (χ0v) is 20.8. The molecule has 1 fully saturated rings. The first-order chi connectivity index (χ1) is 17.4. The maximum Gasteiger partial charge on any atom is 0.309 e. The number of aryl methyl sites for hydroxylation is 1. The Kier molecular flexibility index (Phi) is 8.48. The molecule has 2 aromatic carbocycles. The van der Waals surface area contributed by atoms with Gasteiger partial charge in [0.05, 0.1) is 19.1 Å². The molecule has 0 saturated carbocycles. The molecule has 0 aliphatic carbocycles. The number of hydrogen-bond acceptors (Lipinski definition) is 6. The summed E-state index contributed by atoms with van der Waals surface area (Å²) in [6.07, 6.45) is 2.56. The summed E-state index contributed by atoms with van der Waals surface area (Å²) in [4.78, 5) is 33.3. The minimum Gasteiger partial charge on any atom is -0.466 e. The van der Waals surface area contributed by atoms with Gasteiger partial charge in [0.2, 0.25) is 5.89 Å². The molecular formula is C28H32FN3O4. The van der Waals surface area contributed by atoms with E-state index in [-0.39, 0.29) is 29.3 Å². The average Bonchev–Trinajstić information content (AvgIpc) is 3.33. The van der Waals surface area contributed by atoms with Gasteiger partial charge < -0.3 is 14.1 Å². The van der Waals surface area contributed by atoms with Crippen molar-refractivity contribution in [3.05, 3.63) is 88.9 Å². The van der Waals surface area contributed by atoms with Crippen molar-refractivity contribution in [1.29, 1.82) is 0 Å². The molecule has 0 N–H and O–H groups in total. The summed E-state index contributed by atoms with van der Waals surface area (Å²) in [5.74, 6) is -0.386. The molecule has 7 nitrogen and oxygen atoms in total. The highest BCUT2D eigenvalue weighted by molar-refractivity contribution is 5.92. The molecule has 8 heteroatoms. The van der Waals surface area contributed by atoms with Crippen LogP contribution in [0.5, 0.6) is 0 Å². The van der Waals surface area contributed by atoms with E-state index < -0.39 is 0 Å². The number of piperidine rings is 1. The van der Waals surface area contributed by atoms with Gasteiger partial charge in [0.1, 0.15) is 12.1 Å². The SMILES string of the molecule is CCOC(=O)C1CCN(C(=O)c2coc(CN(Cc3ccc(F)cc3)Cc3cccc(C)c3)n2)CC1. The Labute approximate surface area is 210 Å². The Morgan fingerprint density at radius 3 is 2.50 bits per heavy atom. The van der Waals surface area contributed by atoms with Gasteiger partial charge in [-0.25, -0.2) is 9.37 Å². The summed E-state index contributed by atoms with van der Waals surface area (Å²) in [5, 5.41) is 0. The summed E-state index contributed by atoms with van der Waals surface area (Å²) in [6, 6.07) is 14.7. The quantitative estimate of drug-likeness (QED) is 0.401. The van der Waals surface area contributed by atoms with Crippen LogP contribution in [0.4, 0.5) is 4.39 Å². The summed E-state index contributed by atoms with van der Waals surface area (Å²) in [5.41, 5.74) is 3.54. The lowest BCUT2D eigenvalue weighted by molar-refractivity contribution is -0.149. The van der Waals surface area contributed by atoms with Gasteiger partial charge in [0.25, 0.3) is 5.91 Å². The van der Waals surface area contributed by atoms with Crippen molar-refractivity contribution in [3.63, 3.8) is 0 Å². The first kappa shape index (κ1) is 25.6. The largest absolute Gasteiger partial charge is 0.466 e. The highest BCUT2D eigenvalue weighted by Gasteiger charge is 2.30. The predicted octanol–water partition coefficient (Wildman–Crippen LogP) is 4.74. The van der Waals surface area contributed by atoms with Crippen molar-refractivity contribution in [1.82, 2.24) is 14.8 Å². The predicted molar refractivity (Wildman–Crippen MR) is 132 cm³/mol. The fraction of sp³-hybridized carbons (Fsp3) is 0.393. The van der Waals surface area contributed by atoms with E-state index >= 15 is 0 Å². The van der Waals surface area contributed by atoms with Crippen LogP contribution in [0.2, 0.25) is 0 Å². The van der Waals surface area contributed by atoms with E-state index in [0.29, 0.717) is 58.1 Å². The van der Waals surface area contributed by atoms with E-state index in [9.17, 15) is 14.0 Å². The highest BCUT2D eigenvalue weighted by Crippen LogP contribution is 2.21. The molecule has 4 rings (SSSR count). The number of carbonyl (C=O) groups is 2. The summed E-state index contributed by atoms with van der Waals surface area (Å²) in [7, 11) is 0. The molecule has 1 aliphatic rings. The molecule has 0 spiro atoms. The van der Waals surface area contributed by atoms with Crippen molar-refractivity contribution in [2.24, 2.45) is 5.92 Å². The maximum absolute atomic E-state index is 13.4. The molecule has 1 aliphatic heterocycles. The van der Waals surface area contributed by atoms with Gasteiger partial charge in [-0.1, -0.05) is 42.0 Å². The van der Waals surface area contributed by atoms with Crippen LogP contribution in [0.15, 0.2) is 59.2 Å². The van der Waals surface area contributed by atoms with Gasteiger partial charge >= 0.3 is 5.97 Å². The smallest absolute Gasteiger partial charge is 0.309 e. The van der Waals surface area contributed by atoms with Crippen LogP contribution in [-0.4, -0.2) is 46.4 Å². The van der Waals surface area contributed by atoms with Gasteiger partial charge in [-0.2, -0.15) is 0 Å². The Balaban J connectivity index is 1.41. The number of ether oxygens (including phenoxy) is 1. The Hall–Kier alpha value is -3.52. The lowest BCUT2D eigenvalue weighted by Crippen LogP contribution is -2.40. The van der Waals surface area contributed by atoms with E-state index in [1.54, 1.807) is 24.0 Å². The highest BCUT2D eigenvalue weighted by atomic mass is 19.1. The average molecular weight is 494 g/mol. The van der Waals surface area contributed by atoms with Crippen LogP contribution >= 0.6 is 0 Å². The number of esters is 1. The maximum atomic E-state index is 13.4. The zero-order chi connectivity index (χ0) is 25.5. The van der Waals surface area contributed by atoms with Crippen LogP contribution in [0.25, 0.3) is 0 Å². The molecule has 1 saturated heterocycles. The third-order valence-electron chi connectivity index (χ3n) is 6.34. The monoisotopic (exact) mass is 493 g/mol. The second-order valence-electron chi connectivity index (χ2n) is 9.21. The second kappa shape index (κ2) is 11.9. The molecule has 0 radical (unpaired) electrons. The van der Waals surface area contributed by atoms with Crippen LogP contribution in [0, 0.1) is 18.7 Å². The number of benzene rings is 2. The number of halogens is 1. The van der Waals surface area contributed by atoms with Crippen LogP contribution in [0.3, 0.4) is 0 Å². The molecule has 1 amide bonds. The molecule has 2 heterocycles. The summed E-state index contributed by atoms with van der Waals surface area (Å²) < 4.78 is 24.2. The number of oxazole rings is 1. The van der Waals surface area contributed by atoms with Crippen molar-refractivity contribution in [3.8, 4) is 0 Å². The zero-order valence-electron chi connectivity index (χ0n) is 20.8. The molecule has 36 heavy (non-hydrogen) atoms. The number of aromatic nitrogens is 1. The lowest BCUT2D eigenvalue weighted by Gasteiger charge is -2.30. The normalized spacial score (nSPS) is 14.3. The molecule has 0 bridgehead atoms. The van der Waals surface area contributed by atoms with Crippen LogP contribution < -0.4 is 0 Å². The summed E-state index contributed by atoms with van der Waals surface area (Å²) in [6.45, 7) is 6.78. The molecule has 3 aromatic rings. The topological polar surface area (TPSA) is 75.9 Å². The Morgan fingerprint density at radius 1 is 1.08 bits per heavy atom. The molecule has 1 aromatic heterocycles.